The highest BCUT2D eigenvalue weighted by atomic mass is 19.2. The molecule has 4 rings (SSSR count). The van der Waals surface area contributed by atoms with Crippen LogP contribution >= 0.6 is 0 Å². The number of anilines is 1. The largest absolute Gasteiger partial charge is 0.507 e. The van der Waals surface area contributed by atoms with Crippen LogP contribution in [-0.2, 0) is 9.59 Å². The highest BCUT2D eigenvalue weighted by Gasteiger charge is 2.47. The van der Waals surface area contributed by atoms with Gasteiger partial charge in [-0.1, -0.05) is 42.5 Å². The summed E-state index contributed by atoms with van der Waals surface area (Å²) in [7, 11) is 0. The van der Waals surface area contributed by atoms with E-state index in [0.717, 1.165) is 17.0 Å². The van der Waals surface area contributed by atoms with Gasteiger partial charge in [-0.25, -0.2) is 8.78 Å². The predicted molar refractivity (Wildman–Crippen MR) is 115 cm³/mol. The molecule has 3 aromatic rings. The molecule has 1 saturated heterocycles. The predicted octanol–water partition coefficient (Wildman–Crippen LogP) is 4.99. The van der Waals surface area contributed by atoms with Crippen LogP contribution in [0, 0.1) is 11.6 Å². The van der Waals surface area contributed by atoms with Gasteiger partial charge in [-0.3, -0.25) is 14.5 Å². The van der Waals surface area contributed by atoms with Crippen molar-refractivity contribution in [3.63, 3.8) is 0 Å². The van der Waals surface area contributed by atoms with E-state index in [9.17, 15) is 23.5 Å². The maximum atomic E-state index is 14.0. The first-order valence-corrected chi connectivity index (χ1v) is 9.96. The van der Waals surface area contributed by atoms with Crippen molar-refractivity contribution >= 4 is 23.1 Å². The quantitative estimate of drug-likeness (QED) is 0.348. The maximum Gasteiger partial charge on any atom is 0.300 e. The number of ether oxygens (including phenoxy) is 1. The Morgan fingerprint density at radius 3 is 2.28 bits per heavy atom. The van der Waals surface area contributed by atoms with Gasteiger partial charge in [-0.05, 0) is 36.8 Å². The van der Waals surface area contributed by atoms with Gasteiger partial charge in [0, 0.05) is 17.3 Å². The monoisotopic (exact) mass is 435 g/mol. The molecule has 0 aliphatic carbocycles. The van der Waals surface area contributed by atoms with E-state index >= 15 is 0 Å². The number of aliphatic hydroxyl groups is 1. The lowest BCUT2D eigenvalue weighted by atomic mass is 9.95. The molecule has 162 valence electrons. The Hall–Kier alpha value is -4.00. The second kappa shape index (κ2) is 8.63. The van der Waals surface area contributed by atoms with Crippen molar-refractivity contribution in [3.05, 3.63) is 101 Å². The Kier molecular flexibility index (Phi) is 5.73. The summed E-state index contributed by atoms with van der Waals surface area (Å²) in [5.74, 6) is -3.87. The van der Waals surface area contributed by atoms with Crippen LogP contribution in [0.3, 0.4) is 0 Å². The molecular formula is C25H19F2NO4. The van der Waals surface area contributed by atoms with Crippen molar-refractivity contribution in [1.29, 1.82) is 0 Å². The van der Waals surface area contributed by atoms with Gasteiger partial charge < -0.3 is 9.84 Å². The second-order valence-corrected chi connectivity index (χ2v) is 7.14. The minimum atomic E-state index is -1.15. The molecule has 1 aliphatic heterocycles. The number of benzene rings is 3. The minimum Gasteiger partial charge on any atom is -0.507 e. The van der Waals surface area contributed by atoms with Crippen LogP contribution in [0.15, 0.2) is 78.4 Å². The number of carbonyl (C=O) groups is 2. The standard InChI is InChI=1S/C25H19F2NO4/c1-2-32-18-11-8-15(9-12-18)22-21(23(29)16-6-4-3-5-7-16)24(30)25(31)28(22)17-10-13-19(26)20(27)14-17/h3-14,22,29H,2H2,1H3/b23-21+. The normalized spacial score (nSPS) is 17.6. The van der Waals surface area contributed by atoms with Crippen molar-refractivity contribution in [3.8, 4) is 5.75 Å². The average Bonchev–Trinajstić information content (AvgIpc) is 3.07. The number of halogens is 2. The van der Waals surface area contributed by atoms with Crippen molar-refractivity contribution in [2.45, 2.75) is 13.0 Å². The van der Waals surface area contributed by atoms with E-state index in [2.05, 4.69) is 0 Å². The molecule has 1 fully saturated rings. The number of carbonyl (C=O) groups excluding carboxylic acids is 2. The molecule has 0 saturated carbocycles. The van der Waals surface area contributed by atoms with Crippen LogP contribution in [0.4, 0.5) is 14.5 Å². The first-order valence-electron chi connectivity index (χ1n) is 9.96. The van der Waals surface area contributed by atoms with E-state index in [1.165, 1.54) is 6.07 Å². The van der Waals surface area contributed by atoms with Crippen molar-refractivity contribution < 1.29 is 28.2 Å². The first-order chi connectivity index (χ1) is 15.4. The molecule has 1 unspecified atom stereocenters. The summed E-state index contributed by atoms with van der Waals surface area (Å²) in [6, 6.07) is 16.9. The summed E-state index contributed by atoms with van der Waals surface area (Å²) < 4.78 is 32.9. The van der Waals surface area contributed by atoms with Gasteiger partial charge in [-0.2, -0.15) is 0 Å². The Morgan fingerprint density at radius 2 is 1.66 bits per heavy atom. The molecule has 1 N–H and O–H groups in total. The number of hydrogen-bond donors (Lipinski definition) is 1. The molecule has 1 heterocycles. The second-order valence-electron chi connectivity index (χ2n) is 7.14. The van der Waals surface area contributed by atoms with Gasteiger partial charge in [0.25, 0.3) is 11.7 Å². The molecule has 0 bridgehead atoms. The number of Topliss-reactive ketones (excluding diaryl/α,β-unsaturated/α-hetero) is 1. The third-order valence-electron chi connectivity index (χ3n) is 5.18. The highest BCUT2D eigenvalue weighted by Crippen LogP contribution is 2.42. The van der Waals surface area contributed by atoms with E-state index in [1.807, 2.05) is 6.92 Å². The lowest BCUT2D eigenvalue weighted by molar-refractivity contribution is -0.132. The number of aliphatic hydroxyl groups excluding tert-OH is 1. The molecular weight excluding hydrogens is 416 g/mol. The van der Waals surface area contributed by atoms with Crippen LogP contribution in [0.25, 0.3) is 5.76 Å². The Labute approximate surface area is 183 Å². The zero-order valence-corrected chi connectivity index (χ0v) is 17.1. The molecule has 5 nitrogen and oxygen atoms in total. The lowest BCUT2D eigenvalue weighted by Crippen LogP contribution is -2.29. The summed E-state index contributed by atoms with van der Waals surface area (Å²) in [6.07, 6.45) is 0. The highest BCUT2D eigenvalue weighted by molar-refractivity contribution is 6.51. The fourth-order valence-corrected chi connectivity index (χ4v) is 3.71. The zero-order valence-electron chi connectivity index (χ0n) is 17.1. The Bertz CT molecular complexity index is 1210. The van der Waals surface area contributed by atoms with Crippen LogP contribution < -0.4 is 9.64 Å². The molecule has 3 aromatic carbocycles. The molecule has 0 aromatic heterocycles. The van der Waals surface area contributed by atoms with E-state index in [4.69, 9.17) is 4.74 Å². The molecule has 0 radical (unpaired) electrons. The van der Waals surface area contributed by atoms with Gasteiger partial charge in [0.2, 0.25) is 0 Å². The summed E-state index contributed by atoms with van der Waals surface area (Å²) in [5.41, 5.74) is 0.702. The molecule has 1 aliphatic rings. The molecule has 7 heteroatoms. The summed E-state index contributed by atoms with van der Waals surface area (Å²) in [4.78, 5) is 27.1. The van der Waals surface area contributed by atoms with E-state index in [-0.39, 0.29) is 17.0 Å². The average molecular weight is 435 g/mol. The number of amides is 1. The smallest absolute Gasteiger partial charge is 0.300 e. The fourth-order valence-electron chi connectivity index (χ4n) is 3.71. The van der Waals surface area contributed by atoms with E-state index in [0.29, 0.717) is 23.5 Å². The fraction of sp³-hybridized carbons (Fsp3) is 0.120. The Morgan fingerprint density at radius 1 is 0.969 bits per heavy atom. The number of rotatable bonds is 5. The van der Waals surface area contributed by atoms with Gasteiger partial charge in [0.05, 0.1) is 18.2 Å². The van der Waals surface area contributed by atoms with Crippen LogP contribution in [0.1, 0.15) is 24.1 Å². The molecule has 1 atom stereocenters. The zero-order chi connectivity index (χ0) is 22.8. The third-order valence-corrected chi connectivity index (χ3v) is 5.18. The van der Waals surface area contributed by atoms with Crippen molar-refractivity contribution in [2.24, 2.45) is 0 Å². The third kappa shape index (κ3) is 3.73. The lowest BCUT2D eigenvalue weighted by Gasteiger charge is -2.25. The number of nitrogens with zero attached hydrogens (tertiary/aromatic N) is 1. The summed E-state index contributed by atoms with van der Waals surface area (Å²) in [6.45, 7) is 2.30. The van der Waals surface area contributed by atoms with Crippen molar-refractivity contribution in [2.75, 3.05) is 11.5 Å². The Balaban J connectivity index is 1.91. The minimum absolute atomic E-state index is 0.00278. The van der Waals surface area contributed by atoms with Gasteiger partial charge in [0.1, 0.15) is 11.5 Å². The maximum absolute atomic E-state index is 14.0. The number of ketones is 1. The van der Waals surface area contributed by atoms with Gasteiger partial charge in [-0.15, -0.1) is 0 Å². The SMILES string of the molecule is CCOc1ccc(C2/C(=C(\O)c3ccccc3)C(=O)C(=O)N2c2ccc(F)c(F)c2)cc1. The van der Waals surface area contributed by atoms with Crippen LogP contribution in [-0.4, -0.2) is 23.4 Å². The summed E-state index contributed by atoms with van der Waals surface area (Å²) in [5, 5.41) is 11.0. The molecule has 1 amide bonds. The van der Waals surface area contributed by atoms with E-state index in [1.54, 1.807) is 54.6 Å². The molecule has 0 spiro atoms. The first kappa shape index (κ1) is 21.2. The van der Waals surface area contributed by atoms with Gasteiger partial charge >= 0.3 is 0 Å². The van der Waals surface area contributed by atoms with Crippen LogP contribution in [0.2, 0.25) is 0 Å². The molecule has 32 heavy (non-hydrogen) atoms. The number of hydrogen-bond acceptors (Lipinski definition) is 4. The summed E-state index contributed by atoms with van der Waals surface area (Å²) >= 11 is 0. The topological polar surface area (TPSA) is 66.8 Å². The van der Waals surface area contributed by atoms with Gasteiger partial charge in [0.15, 0.2) is 11.6 Å². The van der Waals surface area contributed by atoms with Crippen LogP contribution in [0.5, 0.6) is 5.75 Å². The van der Waals surface area contributed by atoms with E-state index < -0.39 is 29.4 Å². The van der Waals surface area contributed by atoms with Crippen molar-refractivity contribution in [1.82, 2.24) is 0 Å².